The number of fused-ring (bicyclic) bond motifs is 1. The average molecular weight is 420 g/mol. The summed E-state index contributed by atoms with van der Waals surface area (Å²) in [5.74, 6) is -0.0168. The van der Waals surface area contributed by atoms with Crippen LogP contribution in [0.15, 0.2) is 54.7 Å². The fraction of sp³-hybridized carbons (Fsp3) is 0.261. The molecule has 1 aromatic heterocycles. The van der Waals surface area contributed by atoms with E-state index in [-0.39, 0.29) is 31.3 Å². The number of nitrogens with zero attached hydrogens (tertiary/aromatic N) is 1. The van der Waals surface area contributed by atoms with Gasteiger partial charge in [0.1, 0.15) is 11.8 Å². The Bertz CT molecular complexity index is 1120. The fourth-order valence-electron chi connectivity index (χ4n) is 3.80. The number of methoxy groups -OCH3 is 1. The Morgan fingerprint density at radius 1 is 1.10 bits per heavy atom. The largest absolute Gasteiger partial charge is 0.496 e. The van der Waals surface area contributed by atoms with Crippen molar-refractivity contribution in [2.75, 3.05) is 13.7 Å². The molecule has 2 heterocycles. The maximum absolute atomic E-state index is 12.7. The van der Waals surface area contributed by atoms with E-state index in [1.54, 1.807) is 7.11 Å². The van der Waals surface area contributed by atoms with E-state index in [1.807, 2.05) is 54.7 Å². The predicted octanol–water partition coefficient (Wildman–Crippen LogP) is 2.35. The number of hydrogen-bond donors (Lipinski definition) is 3. The first kappa shape index (κ1) is 20.5. The SMILES string of the molecule is COc1ccccc1CNC(=O)C[C@H]1NC(=O)N(CCc2c[nH]c3ccccc23)C1=O. The second-order valence-electron chi connectivity index (χ2n) is 7.39. The highest BCUT2D eigenvalue weighted by Gasteiger charge is 2.38. The maximum Gasteiger partial charge on any atom is 0.324 e. The van der Waals surface area contributed by atoms with Gasteiger partial charge >= 0.3 is 6.03 Å². The molecule has 3 N–H and O–H groups in total. The number of para-hydroxylation sites is 2. The van der Waals surface area contributed by atoms with Gasteiger partial charge in [-0.3, -0.25) is 14.5 Å². The van der Waals surface area contributed by atoms with E-state index in [1.165, 1.54) is 4.90 Å². The minimum Gasteiger partial charge on any atom is -0.496 e. The highest BCUT2D eigenvalue weighted by Crippen LogP contribution is 2.20. The third-order valence-corrected chi connectivity index (χ3v) is 5.44. The summed E-state index contributed by atoms with van der Waals surface area (Å²) in [4.78, 5) is 41.7. The van der Waals surface area contributed by atoms with Gasteiger partial charge in [-0.25, -0.2) is 4.79 Å². The van der Waals surface area contributed by atoms with E-state index < -0.39 is 12.1 Å². The lowest BCUT2D eigenvalue weighted by atomic mass is 10.1. The molecule has 8 heteroatoms. The molecule has 1 aliphatic rings. The molecule has 31 heavy (non-hydrogen) atoms. The molecule has 4 rings (SSSR count). The molecule has 1 saturated heterocycles. The molecule has 1 aliphatic heterocycles. The Morgan fingerprint density at radius 2 is 1.87 bits per heavy atom. The smallest absolute Gasteiger partial charge is 0.324 e. The lowest BCUT2D eigenvalue weighted by molar-refractivity contribution is -0.130. The number of nitrogens with one attached hydrogen (secondary N) is 3. The molecule has 3 aromatic rings. The molecule has 160 valence electrons. The van der Waals surface area contributed by atoms with Crippen LogP contribution in [0.3, 0.4) is 0 Å². The van der Waals surface area contributed by atoms with Gasteiger partial charge in [-0.15, -0.1) is 0 Å². The molecule has 0 radical (unpaired) electrons. The summed E-state index contributed by atoms with van der Waals surface area (Å²) in [6.45, 7) is 0.536. The molecular formula is C23H24N4O4. The van der Waals surface area contributed by atoms with Crippen LogP contribution < -0.4 is 15.4 Å². The molecule has 0 spiro atoms. The summed E-state index contributed by atoms with van der Waals surface area (Å²) in [6.07, 6.45) is 2.32. The summed E-state index contributed by atoms with van der Waals surface area (Å²) in [7, 11) is 1.57. The van der Waals surface area contributed by atoms with Crippen molar-refractivity contribution in [1.82, 2.24) is 20.5 Å². The van der Waals surface area contributed by atoms with E-state index in [0.717, 1.165) is 22.0 Å². The number of ether oxygens (including phenoxy) is 1. The van der Waals surface area contributed by atoms with Gasteiger partial charge in [0, 0.05) is 35.8 Å². The number of imide groups is 1. The van der Waals surface area contributed by atoms with Crippen LogP contribution in [0, 0.1) is 0 Å². The Hall–Kier alpha value is -3.81. The Labute approximate surface area is 179 Å². The number of carbonyl (C=O) groups is 3. The number of aromatic amines is 1. The lowest BCUT2D eigenvalue weighted by Gasteiger charge is -2.13. The Kier molecular flexibility index (Phi) is 5.88. The van der Waals surface area contributed by atoms with Gasteiger partial charge in [-0.05, 0) is 24.1 Å². The Balaban J connectivity index is 1.32. The number of urea groups is 1. The first-order valence-corrected chi connectivity index (χ1v) is 10.1. The summed E-state index contributed by atoms with van der Waals surface area (Å²) in [5.41, 5.74) is 2.88. The third-order valence-electron chi connectivity index (χ3n) is 5.44. The van der Waals surface area contributed by atoms with E-state index in [2.05, 4.69) is 15.6 Å². The van der Waals surface area contributed by atoms with Crippen molar-refractivity contribution in [1.29, 1.82) is 0 Å². The van der Waals surface area contributed by atoms with Gasteiger partial charge in [0.2, 0.25) is 5.91 Å². The summed E-state index contributed by atoms with van der Waals surface area (Å²) < 4.78 is 5.27. The quantitative estimate of drug-likeness (QED) is 0.487. The van der Waals surface area contributed by atoms with Gasteiger partial charge in [-0.2, -0.15) is 0 Å². The molecule has 4 amide bonds. The summed E-state index contributed by atoms with van der Waals surface area (Å²) in [6, 6.07) is 13.9. The normalized spacial score (nSPS) is 15.9. The van der Waals surface area contributed by atoms with Crippen LogP contribution in [0.5, 0.6) is 5.75 Å². The highest BCUT2D eigenvalue weighted by molar-refractivity contribution is 6.05. The van der Waals surface area contributed by atoms with E-state index in [4.69, 9.17) is 4.74 Å². The average Bonchev–Trinajstić information content (AvgIpc) is 3.31. The summed E-state index contributed by atoms with van der Waals surface area (Å²) in [5, 5.41) is 6.47. The van der Waals surface area contributed by atoms with E-state index >= 15 is 0 Å². The van der Waals surface area contributed by atoms with Crippen molar-refractivity contribution in [3.05, 3.63) is 65.9 Å². The third kappa shape index (κ3) is 4.37. The highest BCUT2D eigenvalue weighted by atomic mass is 16.5. The molecule has 8 nitrogen and oxygen atoms in total. The minimum absolute atomic E-state index is 0.108. The second kappa shape index (κ2) is 8.91. The first-order chi connectivity index (χ1) is 15.1. The standard InChI is InChI=1S/C23H24N4O4/c1-31-20-9-5-2-6-16(20)14-25-21(28)12-19-22(29)27(23(30)26-19)11-10-15-13-24-18-8-4-3-7-17(15)18/h2-9,13,19,24H,10-12,14H2,1H3,(H,25,28)(H,26,30)/t19-/m1/s1. The van der Waals surface area contributed by atoms with Gasteiger partial charge in [0.25, 0.3) is 5.91 Å². The molecule has 0 bridgehead atoms. The van der Waals surface area contributed by atoms with Gasteiger partial charge in [-0.1, -0.05) is 36.4 Å². The van der Waals surface area contributed by atoms with Crippen molar-refractivity contribution < 1.29 is 19.1 Å². The molecule has 0 unspecified atom stereocenters. The minimum atomic E-state index is -0.854. The molecule has 2 aromatic carbocycles. The summed E-state index contributed by atoms with van der Waals surface area (Å²) >= 11 is 0. The van der Waals surface area contributed by atoms with Crippen molar-refractivity contribution in [3.63, 3.8) is 0 Å². The van der Waals surface area contributed by atoms with Gasteiger partial charge in [0.15, 0.2) is 0 Å². The number of benzene rings is 2. The molecule has 0 aliphatic carbocycles. The molecular weight excluding hydrogens is 396 g/mol. The Morgan fingerprint density at radius 3 is 2.71 bits per heavy atom. The van der Waals surface area contributed by atoms with Crippen molar-refractivity contribution in [3.8, 4) is 5.75 Å². The van der Waals surface area contributed by atoms with Crippen LogP contribution >= 0.6 is 0 Å². The molecule has 1 fully saturated rings. The lowest BCUT2D eigenvalue weighted by Crippen LogP contribution is -2.36. The number of carbonyl (C=O) groups excluding carboxylic acids is 3. The van der Waals surface area contributed by atoms with Crippen molar-refractivity contribution >= 4 is 28.7 Å². The molecule has 0 saturated carbocycles. The first-order valence-electron chi connectivity index (χ1n) is 10.1. The second-order valence-corrected chi connectivity index (χ2v) is 7.39. The van der Waals surface area contributed by atoms with E-state index in [9.17, 15) is 14.4 Å². The fourth-order valence-corrected chi connectivity index (χ4v) is 3.80. The van der Waals surface area contributed by atoms with Gasteiger partial charge in [0.05, 0.1) is 13.5 Å². The zero-order chi connectivity index (χ0) is 21.8. The maximum atomic E-state index is 12.7. The van der Waals surface area contributed by atoms with Gasteiger partial charge < -0.3 is 20.4 Å². The predicted molar refractivity (Wildman–Crippen MR) is 115 cm³/mol. The zero-order valence-corrected chi connectivity index (χ0v) is 17.2. The van der Waals surface area contributed by atoms with Crippen molar-refractivity contribution in [2.45, 2.75) is 25.4 Å². The van der Waals surface area contributed by atoms with Crippen LogP contribution in [-0.2, 0) is 22.6 Å². The molecule has 1 atom stereocenters. The van der Waals surface area contributed by atoms with Crippen LogP contribution in [-0.4, -0.2) is 47.4 Å². The zero-order valence-electron chi connectivity index (χ0n) is 17.2. The number of hydrogen-bond acceptors (Lipinski definition) is 4. The number of amides is 4. The topological polar surface area (TPSA) is 104 Å². The number of aromatic nitrogens is 1. The van der Waals surface area contributed by atoms with Crippen molar-refractivity contribution in [2.24, 2.45) is 0 Å². The van der Waals surface area contributed by atoms with Crippen LogP contribution in [0.2, 0.25) is 0 Å². The van der Waals surface area contributed by atoms with Crippen LogP contribution in [0.4, 0.5) is 4.79 Å². The number of H-pyrrole nitrogens is 1. The monoisotopic (exact) mass is 420 g/mol. The number of rotatable bonds is 8. The van der Waals surface area contributed by atoms with E-state index in [0.29, 0.717) is 12.2 Å². The van der Waals surface area contributed by atoms with Crippen LogP contribution in [0.1, 0.15) is 17.5 Å². The van der Waals surface area contributed by atoms with Crippen LogP contribution in [0.25, 0.3) is 10.9 Å².